The summed E-state index contributed by atoms with van der Waals surface area (Å²) in [4.78, 5) is 12.0. The van der Waals surface area contributed by atoms with Crippen molar-refractivity contribution in [1.82, 2.24) is 5.32 Å². The zero-order valence-electron chi connectivity index (χ0n) is 10.6. The molecule has 98 valence electrons. The van der Waals surface area contributed by atoms with E-state index in [1.54, 1.807) is 12.1 Å². The van der Waals surface area contributed by atoms with Crippen molar-refractivity contribution >= 4 is 11.6 Å². The second kappa shape index (κ2) is 5.29. The highest BCUT2D eigenvalue weighted by Gasteiger charge is 2.23. The Kier molecular flexibility index (Phi) is 3.75. The molecule has 0 radical (unpaired) electrons. The summed E-state index contributed by atoms with van der Waals surface area (Å²) in [6.07, 6.45) is 4.89. The maximum absolute atomic E-state index is 12.0. The molecule has 1 aromatic rings. The Hall–Kier alpha value is -1.71. The van der Waals surface area contributed by atoms with Crippen molar-refractivity contribution < 1.29 is 9.90 Å². The fourth-order valence-corrected chi connectivity index (χ4v) is 2.55. The molecular weight excluding hydrogens is 228 g/mol. The first-order valence-electron chi connectivity index (χ1n) is 6.47. The van der Waals surface area contributed by atoms with Crippen LogP contribution in [0, 0.1) is 5.92 Å². The standard InChI is InChI=1S/C14H20N2O2/c1-9(10-4-2-3-5-10)16-14(18)11-6-7-12(15)13(17)8-11/h6-10,17H,2-5,15H2,1H3,(H,16,18). The summed E-state index contributed by atoms with van der Waals surface area (Å²) >= 11 is 0. The first-order chi connectivity index (χ1) is 8.58. The molecule has 1 aromatic carbocycles. The van der Waals surface area contributed by atoms with E-state index in [1.807, 2.05) is 6.92 Å². The van der Waals surface area contributed by atoms with Crippen molar-refractivity contribution in [3.63, 3.8) is 0 Å². The predicted octanol–water partition coefficient (Wildman–Crippen LogP) is 2.28. The Morgan fingerprint density at radius 3 is 2.72 bits per heavy atom. The number of hydrogen-bond donors (Lipinski definition) is 3. The quantitative estimate of drug-likeness (QED) is 0.567. The molecule has 1 fully saturated rings. The molecule has 0 heterocycles. The van der Waals surface area contributed by atoms with Gasteiger partial charge in [-0.15, -0.1) is 0 Å². The first kappa shape index (κ1) is 12.7. The lowest BCUT2D eigenvalue weighted by molar-refractivity contribution is 0.0927. The molecule has 1 amide bonds. The second-order valence-electron chi connectivity index (χ2n) is 5.08. The molecule has 1 aliphatic carbocycles. The average molecular weight is 248 g/mol. The molecule has 2 rings (SSSR count). The molecule has 0 bridgehead atoms. The number of benzene rings is 1. The smallest absolute Gasteiger partial charge is 0.251 e. The van der Waals surface area contributed by atoms with Crippen LogP contribution in [0.1, 0.15) is 43.0 Å². The maximum atomic E-state index is 12.0. The Morgan fingerprint density at radius 1 is 1.44 bits per heavy atom. The van der Waals surface area contributed by atoms with Gasteiger partial charge in [0.15, 0.2) is 0 Å². The summed E-state index contributed by atoms with van der Waals surface area (Å²) in [7, 11) is 0. The average Bonchev–Trinajstić information content (AvgIpc) is 2.86. The third-order valence-corrected chi connectivity index (χ3v) is 3.76. The molecular formula is C14H20N2O2. The second-order valence-corrected chi connectivity index (χ2v) is 5.08. The van der Waals surface area contributed by atoms with Gasteiger partial charge in [-0.25, -0.2) is 0 Å². The highest BCUT2D eigenvalue weighted by atomic mass is 16.3. The van der Waals surface area contributed by atoms with Crippen molar-refractivity contribution in [1.29, 1.82) is 0 Å². The minimum atomic E-state index is -0.148. The topological polar surface area (TPSA) is 75.4 Å². The van der Waals surface area contributed by atoms with Crippen LogP contribution in [-0.4, -0.2) is 17.1 Å². The van der Waals surface area contributed by atoms with Crippen LogP contribution in [-0.2, 0) is 0 Å². The fraction of sp³-hybridized carbons (Fsp3) is 0.500. The Balaban J connectivity index is 2.00. The van der Waals surface area contributed by atoms with E-state index in [1.165, 1.54) is 31.7 Å². The monoisotopic (exact) mass is 248 g/mol. The largest absolute Gasteiger partial charge is 0.506 e. The normalized spacial score (nSPS) is 17.6. The Bertz CT molecular complexity index is 439. The van der Waals surface area contributed by atoms with Gasteiger partial charge in [-0.05, 0) is 43.9 Å². The van der Waals surface area contributed by atoms with E-state index in [4.69, 9.17) is 5.73 Å². The maximum Gasteiger partial charge on any atom is 0.251 e. The molecule has 0 spiro atoms. The summed E-state index contributed by atoms with van der Waals surface area (Å²) in [5, 5.41) is 12.5. The fourth-order valence-electron chi connectivity index (χ4n) is 2.55. The minimum absolute atomic E-state index is 0.0452. The van der Waals surface area contributed by atoms with Gasteiger partial charge in [-0.1, -0.05) is 12.8 Å². The van der Waals surface area contributed by atoms with Gasteiger partial charge in [0.2, 0.25) is 0 Å². The van der Waals surface area contributed by atoms with Gasteiger partial charge in [0.1, 0.15) is 5.75 Å². The lowest BCUT2D eigenvalue weighted by Crippen LogP contribution is -2.37. The van der Waals surface area contributed by atoms with Crippen molar-refractivity contribution in [2.45, 2.75) is 38.6 Å². The van der Waals surface area contributed by atoms with Gasteiger partial charge in [-0.3, -0.25) is 4.79 Å². The van der Waals surface area contributed by atoms with Crippen molar-refractivity contribution in [3.8, 4) is 5.75 Å². The summed E-state index contributed by atoms with van der Waals surface area (Å²) in [6, 6.07) is 4.77. The van der Waals surface area contributed by atoms with E-state index in [0.29, 0.717) is 11.5 Å². The zero-order valence-corrected chi connectivity index (χ0v) is 10.6. The van der Waals surface area contributed by atoms with Crippen LogP contribution >= 0.6 is 0 Å². The van der Waals surface area contributed by atoms with Crippen LogP contribution in [0.3, 0.4) is 0 Å². The summed E-state index contributed by atoms with van der Waals surface area (Å²) in [5.41, 5.74) is 6.25. The van der Waals surface area contributed by atoms with Crippen LogP contribution in [0.25, 0.3) is 0 Å². The van der Waals surface area contributed by atoms with Crippen molar-refractivity contribution in [3.05, 3.63) is 23.8 Å². The molecule has 18 heavy (non-hydrogen) atoms. The van der Waals surface area contributed by atoms with Crippen LogP contribution in [0.15, 0.2) is 18.2 Å². The number of rotatable bonds is 3. The van der Waals surface area contributed by atoms with E-state index in [-0.39, 0.29) is 23.4 Å². The van der Waals surface area contributed by atoms with Crippen molar-refractivity contribution in [2.24, 2.45) is 5.92 Å². The Labute approximate surface area is 107 Å². The third-order valence-electron chi connectivity index (χ3n) is 3.76. The Morgan fingerprint density at radius 2 is 2.11 bits per heavy atom. The predicted molar refractivity (Wildman–Crippen MR) is 71.4 cm³/mol. The molecule has 0 saturated heterocycles. The van der Waals surface area contributed by atoms with Gasteiger partial charge < -0.3 is 16.2 Å². The van der Waals surface area contributed by atoms with Gasteiger partial charge in [-0.2, -0.15) is 0 Å². The molecule has 4 heteroatoms. The lowest BCUT2D eigenvalue weighted by atomic mass is 9.99. The number of phenolic OH excluding ortho intramolecular Hbond substituents is 1. The number of phenols is 1. The number of anilines is 1. The van der Waals surface area contributed by atoms with E-state index < -0.39 is 0 Å². The molecule has 4 N–H and O–H groups in total. The number of carbonyl (C=O) groups is 1. The first-order valence-corrected chi connectivity index (χ1v) is 6.47. The van der Waals surface area contributed by atoms with Crippen LogP contribution in [0.2, 0.25) is 0 Å². The number of nitrogen functional groups attached to an aromatic ring is 1. The number of hydrogen-bond acceptors (Lipinski definition) is 3. The molecule has 1 atom stereocenters. The van der Waals surface area contributed by atoms with Gasteiger partial charge >= 0.3 is 0 Å². The summed E-state index contributed by atoms with van der Waals surface area (Å²) in [5.74, 6) is 0.386. The molecule has 4 nitrogen and oxygen atoms in total. The minimum Gasteiger partial charge on any atom is -0.506 e. The number of nitrogens with two attached hydrogens (primary N) is 1. The van der Waals surface area contributed by atoms with E-state index in [9.17, 15) is 9.90 Å². The molecule has 1 unspecified atom stereocenters. The van der Waals surface area contributed by atoms with Crippen LogP contribution in [0.5, 0.6) is 5.75 Å². The van der Waals surface area contributed by atoms with Crippen LogP contribution in [0.4, 0.5) is 5.69 Å². The number of nitrogens with one attached hydrogen (secondary N) is 1. The number of aromatic hydroxyl groups is 1. The molecule has 0 aliphatic heterocycles. The molecule has 1 aliphatic rings. The number of carbonyl (C=O) groups excluding carboxylic acids is 1. The molecule has 0 aromatic heterocycles. The van der Waals surface area contributed by atoms with Gasteiger partial charge in [0.05, 0.1) is 5.69 Å². The zero-order chi connectivity index (χ0) is 13.1. The van der Waals surface area contributed by atoms with E-state index >= 15 is 0 Å². The highest BCUT2D eigenvalue weighted by molar-refractivity contribution is 5.95. The van der Waals surface area contributed by atoms with Crippen molar-refractivity contribution in [2.75, 3.05) is 5.73 Å². The third kappa shape index (κ3) is 2.75. The van der Waals surface area contributed by atoms with Gasteiger partial charge in [0, 0.05) is 11.6 Å². The van der Waals surface area contributed by atoms with Gasteiger partial charge in [0.25, 0.3) is 5.91 Å². The van der Waals surface area contributed by atoms with Crippen LogP contribution < -0.4 is 11.1 Å². The molecule has 1 saturated carbocycles. The lowest BCUT2D eigenvalue weighted by Gasteiger charge is -2.20. The summed E-state index contributed by atoms with van der Waals surface area (Å²) in [6.45, 7) is 2.05. The number of amides is 1. The van der Waals surface area contributed by atoms with E-state index in [2.05, 4.69) is 5.32 Å². The SMILES string of the molecule is CC(NC(=O)c1ccc(N)c(O)c1)C1CCCC1. The van der Waals surface area contributed by atoms with E-state index in [0.717, 1.165) is 0 Å². The summed E-state index contributed by atoms with van der Waals surface area (Å²) < 4.78 is 0. The highest BCUT2D eigenvalue weighted by Crippen LogP contribution is 2.28.